The molecule has 2 aromatic rings. The van der Waals surface area contributed by atoms with Gasteiger partial charge in [0.05, 0.1) is 8.79 Å². The highest BCUT2D eigenvalue weighted by atomic mass is 79.9. The Balaban J connectivity index is 2.61. The van der Waals surface area contributed by atoms with Crippen LogP contribution in [0.25, 0.3) is 11.1 Å². The lowest BCUT2D eigenvalue weighted by molar-refractivity contribution is 1.44. The van der Waals surface area contributed by atoms with E-state index in [1.807, 2.05) is 0 Å². The van der Waals surface area contributed by atoms with E-state index in [2.05, 4.69) is 41.2 Å². The van der Waals surface area contributed by atoms with Gasteiger partial charge in [0, 0.05) is 10.4 Å². The number of hydrogen-bond donors (Lipinski definition) is 1. The van der Waals surface area contributed by atoms with Crippen molar-refractivity contribution in [2.45, 2.75) is 13.8 Å². The number of halogens is 1. The van der Waals surface area contributed by atoms with Crippen LogP contribution in [-0.4, -0.2) is 0 Å². The molecular formula is C10H10BrNS2. The van der Waals surface area contributed by atoms with Crippen molar-refractivity contribution in [3.63, 3.8) is 0 Å². The summed E-state index contributed by atoms with van der Waals surface area (Å²) in [5.41, 5.74) is 9.72. The van der Waals surface area contributed by atoms with Gasteiger partial charge in [-0.3, -0.25) is 0 Å². The molecule has 2 N–H and O–H groups in total. The van der Waals surface area contributed by atoms with Crippen molar-refractivity contribution in [2.24, 2.45) is 0 Å². The number of thiophene rings is 2. The number of hydrogen-bond acceptors (Lipinski definition) is 3. The monoisotopic (exact) mass is 287 g/mol. The second kappa shape index (κ2) is 3.68. The molecule has 2 rings (SSSR count). The van der Waals surface area contributed by atoms with Crippen LogP contribution in [0.2, 0.25) is 0 Å². The fourth-order valence-corrected chi connectivity index (χ4v) is 3.56. The van der Waals surface area contributed by atoms with Crippen molar-refractivity contribution < 1.29 is 0 Å². The topological polar surface area (TPSA) is 26.0 Å². The summed E-state index contributed by atoms with van der Waals surface area (Å²) in [6.07, 6.45) is 0. The third-order valence-electron chi connectivity index (χ3n) is 2.27. The lowest BCUT2D eigenvalue weighted by Gasteiger charge is -1.98. The van der Waals surface area contributed by atoms with E-state index < -0.39 is 0 Å². The summed E-state index contributed by atoms with van der Waals surface area (Å²) in [4.78, 5) is 1.31. The molecule has 0 aliphatic rings. The van der Waals surface area contributed by atoms with E-state index in [0.717, 1.165) is 8.79 Å². The number of nitrogen functional groups attached to an aromatic ring is 1. The Labute approximate surface area is 99.7 Å². The molecule has 0 aromatic carbocycles. The van der Waals surface area contributed by atoms with Gasteiger partial charge in [-0.05, 0) is 52.4 Å². The van der Waals surface area contributed by atoms with Gasteiger partial charge in [0.15, 0.2) is 0 Å². The zero-order chi connectivity index (χ0) is 10.3. The second-order valence-electron chi connectivity index (χ2n) is 3.16. The average Bonchev–Trinajstić information content (AvgIpc) is 2.60. The van der Waals surface area contributed by atoms with Crippen LogP contribution in [-0.2, 0) is 0 Å². The Morgan fingerprint density at radius 1 is 1.36 bits per heavy atom. The van der Waals surface area contributed by atoms with Gasteiger partial charge < -0.3 is 5.73 Å². The predicted octanol–water partition coefficient (Wildman–Crippen LogP) is 4.44. The molecule has 4 heteroatoms. The Bertz CT molecular complexity index is 470. The molecule has 0 saturated heterocycles. The van der Waals surface area contributed by atoms with E-state index >= 15 is 0 Å². The number of aryl methyl sites for hydroxylation is 1. The maximum absolute atomic E-state index is 5.99. The predicted molar refractivity (Wildman–Crippen MR) is 69.2 cm³/mol. The van der Waals surface area contributed by atoms with Crippen LogP contribution in [0.15, 0.2) is 15.2 Å². The number of nitrogens with two attached hydrogens (primary N) is 1. The first kappa shape index (κ1) is 10.2. The highest BCUT2D eigenvalue weighted by molar-refractivity contribution is 9.11. The van der Waals surface area contributed by atoms with E-state index in [-0.39, 0.29) is 0 Å². The fraction of sp³-hybridized carbons (Fsp3) is 0.200. The summed E-state index contributed by atoms with van der Waals surface area (Å²) in [5.74, 6) is 0. The summed E-state index contributed by atoms with van der Waals surface area (Å²) in [5, 5.41) is 3.06. The average molecular weight is 288 g/mol. The molecule has 0 radical (unpaired) electrons. The molecule has 14 heavy (non-hydrogen) atoms. The second-order valence-corrected chi connectivity index (χ2v) is 6.71. The number of anilines is 1. The van der Waals surface area contributed by atoms with Gasteiger partial charge in [0.25, 0.3) is 0 Å². The van der Waals surface area contributed by atoms with Gasteiger partial charge in [-0.1, -0.05) is 0 Å². The summed E-state index contributed by atoms with van der Waals surface area (Å²) in [7, 11) is 0. The molecule has 74 valence electrons. The van der Waals surface area contributed by atoms with Gasteiger partial charge in [0.1, 0.15) is 0 Å². The normalized spacial score (nSPS) is 10.8. The first-order chi connectivity index (χ1) is 6.59. The molecule has 2 aromatic heterocycles. The van der Waals surface area contributed by atoms with Gasteiger partial charge >= 0.3 is 0 Å². The lowest BCUT2D eigenvalue weighted by atomic mass is 10.1. The lowest BCUT2D eigenvalue weighted by Crippen LogP contribution is -1.83. The highest BCUT2D eigenvalue weighted by Crippen LogP contribution is 2.40. The Morgan fingerprint density at radius 2 is 2.07 bits per heavy atom. The maximum Gasteiger partial charge on any atom is 0.0941 e. The van der Waals surface area contributed by atoms with Crippen LogP contribution in [0.4, 0.5) is 5.00 Å². The first-order valence-electron chi connectivity index (χ1n) is 4.19. The van der Waals surface area contributed by atoms with Crippen LogP contribution in [0.5, 0.6) is 0 Å². The molecule has 0 aliphatic heterocycles. The summed E-state index contributed by atoms with van der Waals surface area (Å²) < 4.78 is 1.15. The molecule has 1 nitrogen and oxygen atoms in total. The van der Waals surface area contributed by atoms with Crippen LogP contribution < -0.4 is 5.73 Å². The third-order valence-corrected chi connectivity index (χ3v) is 4.81. The quantitative estimate of drug-likeness (QED) is 0.825. The van der Waals surface area contributed by atoms with Crippen molar-refractivity contribution in [1.29, 1.82) is 0 Å². The molecule has 0 unspecified atom stereocenters. The minimum absolute atomic E-state index is 0.922. The largest absolute Gasteiger partial charge is 0.390 e. The van der Waals surface area contributed by atoms with Gasteiger partial charge in [0.2, 0.25) is 0 Å². The molecule has 0 aliphatic carbocycles. The zero-order valence-electron chi connectivity index (χ0n) is 7.93. The third kappa shape index (κ3) is 1.62. The zero-order valence-corrected chi connectivity index (χ0v) is 11.1. The van der Waals surface area contributed by atoms with Crippen molar-refractivity contribution in [1.82, 2.24) is 0 Å². The van der Waals surface area contributed by atoms with Crippen LogP contribution in [0.1, 0.15) is 10.4 Å². The molecular weight excluding hydrogens is 278 g/mol. The van der Waals surface area contributed by atoms with Crippen LogP contribution in [0.3, 0.4) is 0 Å². The molecule has 0 fully saturated rings. The van der Waals surface area contributed by atoms with E-state index in [1.165, 1.54) is 21.6 Å². The number of rotatable bonds is 1. The molecule has 0 saturated carbocycles. The summed E-state index contributed by atoms with van der Waals surface area (Å²) in [6, 6.07) is 2.12. The molecule has 0 atom stereocenters. The minimum Gasteiger partial charge on any atom is -0.390 e. The van der Waals surface area contributed by atoms with E-state index in [4.69, 9.17) is 5.73 Å². The molecule has 0 amide bonds. The van der Waals surface area contributed by atoms with Crippen molar-refractivity contribution in [2.75, 3.05) is 5.73 Å². The maximum atomic E-state index is 5.99. The van der Waals surface area contributed by atoms with Crippen molar-refractivity contribution >= 4 is 43.6 Å². The summed E-state index contributed by atoms with van der Waals surface area (Å²) >= 11 is 6.83. The van der Waals surface area contributed by atoms with Crippen LogP contribution in [0, 0.1) is 13.8 Å². The first-order valence-corrected chi connectivity index (χ1v) is 6.68. The Kier molecular flexibility index (Phi) is 2.68. The van der Waals surface area contributed by atoms with Gasteiger partial charge in [-0.2, -0.15) is 0 Å². The molecule has 0 bridgehead atoms. The Hall–Kier alpha value is -0.320. The molecule has 2 heterocycles. The molecule has 0 spiro atoms. The smallest absolute Gasteiger partial charge is 0.0941 e. The van der Waals surface area contributed by atoms with E-state index in [1.54, 1.807) is 22.7 Å². The minimum atomic E-state index is 0.922. The van der Waals surface area contributed by atoms with Crippen molar-refractivity contribution in [3.05, 3.63) is 25.7 Å². The highest BCUT2D eigenvalue weighted by Gasteiger charge is 2.12. The van der Waals surface area contributed by atoms with Crippen LogP contribution >= 0.6 is 38.6 Å². The standard InChI is InChI=1S/C10H10BrNS2/c1-5-6(2)14-10(12)9(5)7-3-8(11)13-4-7/h3-4H,12H2,1-2H3. The van der Waals surface area contributed by atoms with Gasteiger partial charge in [-0.25, -0.2) is 0 Å². The van der Waals surface area contributed by atoms with Crippen molar-refractivity contribution in [3.8, 4) is 11.1 Å². The fourth-order valence-electron chi connectivity index (χ4n) is 1.45. The Morgan fingerprint density at radius 3 is 2.50 bits per heavy atom. The van der Waals surface area contributed by atoms with E-state index in [0.29, 0.717) is 0 Å². The van der Waals surface area contributed by atoms with E-state index in [9.17, 15) is 0 Å². The summed E-state index contributed by atoms with van der Waals surface area (Å²) in [6.45, 7) is 4.24. The van der Waals surface area contributed by atoms with Gasteiger partial charge in [-0.15, -0.1) is 22.7 Å². The SMILES string of the molecule is Cc1sc(N)c(-c2csc(Br)c2)c1C.